The lowest BCUT2D eigenvalue weighted by atomic mass is 10.2. The van der Waals surface area contributed by atoms with Crippen LogP contribution in [0.1, 0.15) is 33.9 Å². The molecule has 1 amide bonds. The first-order valence-electron chi connectivity index (χ1n) is 9.46. The molecular formula is C20H21BrF3N5O2. The minimum absolute atomic E-state index is 0.0621. The van der Waals surface area contributed by atoms with Gasteiger partial charge in [0.15, 0.2) is 6.73 Å². The van der Waals surface area contributed by atoms with E-state index >= 15 is 0 Å². The highest BCUT2D eigenvalue weighted by Crippen LogP contribution is 2.31. The number of alkyl halides is 3. The predicted octanol–water partition coefficient (Wildman–Crippen LogP) is 4.33. The molecule has 7 nitrogen and oxygen atoms in total. The van der Waals surface area contributed by atoms with Gasteiger partial charge in [-0.1, -0.05) is 6.07 Å². The molecule has 166 valence electrons. The van der Waals surface area contributed by atoms with Gasteiger partial charge in [-0.25, -0.2) is 4.68 Å². The Morgan fingerprint density at radius 1 is 1.23 bits per heavy atom. The number of carbonyl (C=O) groups is 1. The number of hydrogen-bond donors (Lipinski definition) is 1. The van der Waals surface area contributed by atoms with E-state index < -0.39 is 11.7 Å². The first kappa shape index (κ1) is 22.9. The van der Waals surface area contributed by atoms with Gasteiger partial charge < -0.3 is 10.1 Å². The number of halogens is 4. The molecule has 0 spiro atoms. The van der Waals surface area contributed by atoms with E-state index in [9.17, 15) is 18.0 Å². The fourth-order valence-electron chi connectivity index (χ4n) is 2.87. The summed E-state index contributed by atoms with van der Waals surface area (Å²) in [5, 5.41) is 11.3. The Morgan fingerprint density at radius 3 is 2.68 bits per heavy atom. The summed E-state index contributed by atoms with van der Waals surface area (Å²) in [7, 11) is 0. The fourth-order valence-corrected chi connectivity index (χ4v) is 3.16. The molecule has 0 radical (unpaired) electrons. The number of carbonyl (C=O) groups excluding carboxylic acids is 1. The number of benzene rings is 1. The lowest BCUT2D eigenvalue weighted by Gasteiger charge is -2.10. The van der Waals surface area contributed by atoms with Crippen LogP contribution < -0.4 is 10.1 Å². The molecule has 0 aliphatic heterocycles. The molecule has 31 heavy (non-hydrogen) atoms. The number of amides is 1. The summed E-state index contributed by atoms with van der Waals surface area (Å²) in [6.07, 6.45) is -2.23. The molecule has 3 rings (SSSR count). The standard InChI is InChI=1S/C20H21BrF3N5O2/c1-13-18(21)14(2)29(26-13)9-4-8-25-19(30)17-7-10-28(27-17)12-31-16-6-3-5-15(11-16)20(22,23)24/h3,5-7,10-11H,4,8-9,12H2,1-2H3,(H,25,30). The third-order valence-corrected chi connectivity index (χ3v) is 5.67. The van der Waals surface area contributed by atoms with Gasteiger partial charge in [-0.05, 0) is 60.5 Å². The largest absolute Gasteiger partial charge is 0.471 e. The van der Waals surface area contributed by atoms with Crippen molar-refractivity contribution in [2.45, 2.75) is 39.7 Å². The molecule has 0 atom stereocenters. The first-order valence-corrected chi connectivity index (χ1v) is 10.3. The molecule has 11 heteroatoms. The molecule has 3 aromatic rings. The van der Waals surface area contributed by atoms with Crippen molar-refractivity contribution in [3.63, 3.8) is 0 Å². The molecular weight excluding hydrogens is 479 g/mol. The number of ether oxygens (including phenoxy) is 1. The molecule has 2 heterocycles. The summed E-state index contributed by atoms with van der Waals surface area (Å²) in [5.41, 5.74) is 1.35. The average molecular weight is 500 g/mol. The van der Waals surface area contributed by atoms with E-state index in [2.05, 4.69) is 31.4 Å². The van der Waals surface area contributed by atoms with E-state index in [4.69, 9.17) is 4.74 Å². The molecule has 1 aromatic carbocycles. The van der Waals surface area contributed by atoms with Crippen molar-refractivity contribution in [2.24, 2.45) is 0 Å². The van der Waals surface area contributed by atoms with Crippen LogP contribution in [0, 0.1) is 13.8 Å². The van der Waals surface area contributed by atoms with Gasteiger partial charge in [0.2, 0.25) is 0 Å². The van der Waals surface area contributed by atoms with Gasteiger partial charge in [-0.15, -0.1) is 0 Å². The number of aromatic nitrogens is 4. The van der Waals surface area contributed by atoms with Gasteiger partial charge in [-0.2, -0.15) is 23.4 Å². The van der Waals surface area contributed by atoms with Crippen LogP contribution in [0.3, 0.4) is 0 Å². The van der Waals surface area contributed by atoms with E-state index in [0.29, 0.717) is 19.5 Å². The first-order chi connectivity index (χ1) is 14.6. The van der Waals surface area contributed by atoms with Crippen LogP contribution in [0.5, 0.6) is 5.75 Å². The van der Waals surface area contributed by atoms with Crippen molar-refractivity contribution in [1.29, 1.82) is 0 Å². The second-order valence-corrected chi connectivity index (χ2v) is 7.65. The molecule has 0 saturated carbocycles. The van der Waals surface area contributed by atoms with Gasteiger partial charge in [0.25, 0.3) is 5.91 Å². The van der Waals surface area contributed by atoms with Gasteiger partial charge in [0.05, 0.1) is 15.7 Å². The Bertz CT molecular complexity index is 1060. The van der Waals surface area contributed by atoms with Gasteiger partial charge in [0, 0.05) is 25.0 Å². The van der Waals surface area contributed by atoms with Crippen LogP contribution in [-0.2, 0) is 19.5 Å². The zero-order chi connectivity index (χ0) is 22.6. The monoisotopic (exact) mass is 499 g/mol. The zero-order valence-corrected chi connectivity index (χ0v) is 18.5. The van der Waals surface area contributed by atoms with E-state index in [0.717, 1.165) is 28.0 Å². The topological polar surface area (TPSA) is 74.0 Å². The molecule has 0 aliphatic carbocycles. The lowest BCUT2D eigenvalue weighted by molar-refractivity contribution is -0.137. The molecule has 0 unspecified atom stereocenters. The van der Waals surface area contributed by atoms with Crippen molar-refractivity contribution in [1.82, 2.24) is 24.9 Å². The molecule has 0 fully saturated rings. The maximum absolute atomic E-state index is 12.8. The number of aryl methyl sites for hydroxylation is 2. The van der Waals surface area contributed by atoms with Crippen LogP contribution in [0.2, 0.25) is 0 Å². The number of hydrogen-bond acceptors (Lipinski definition) is 4. The normalized spacial score (nSPS) is 11.5. The Balaban J connectivity index is 1.46. The second kappa shape index (κ2) is 9.54. The average Bonchev–Trinajstić information content (AvgIpc) is 3.30. The van der Waals surface area contributed by atoms with E-state index in [-0.39, 0.29) is 24.1 Å². The third-order valence-electron chi connectivity index (χ3n) is 4.52. The highest BCUT2D eigenvalue weighted by Gasteiger charge is 2.30. The van der Waals surface area contributed by atoms with E-state index in [1.54, 1.807) is 0 Å². The molecule has 0 aliphatic rings. The lowest BCUT2D eigenvalue weighted by Crippen LogP contribution is -2.26. The third kappa shape index (κ3) is 5.87. The van der Waals surface area contributed by atoms with Crippen LogP contribution in [0.25, 0.3) is 0 Å². The Labute approximate surface area is 185 Å². The minimum Gasteiger partial charge on any atom is -0.471 e. The number of rotatable bonds is 8. The smallest absolute Gasteiger partial charge is 0.416 e. The van der Waals surface area contributed by atoms with Gasteiger partial charge in [0.1, 0.15) is 11.4 Å². The Kier molecular flexibility index (Phi) is 7.04. The second-order valence-electron chi connectivity index (χ2n) is 6.86. The van der Waals surface area contributed by atoms with Crippen molar-refractivity contribution < 1.29 is 22.7 Å². The van der Waals surface area contributed by atoms with Gasteiger partial charge in [-0.3, -0.25) is 9.48 Å². The van der Waals surface area contributed by atoms with Crippen LogP contribution in [0.15, 0.2) is 41.0 Å². The summed E-state index contributed by atoms with van der Waals surface area (Å²) in [5.74, 6) is -0.278. The Morgan fingerprint density at radius 2 is 2.00 bits per heavy atom. The van der Waals surface area contributed by atoms with Crippen molar-refractivity contribution in [3.8, 4) is 5.75 Å². The molecule has 1 N–H and O–H groups in total. The van der Waals surface area contributed by atoms with Gasteiger partial charge >= 0.3 is 6.18 Å². The van der Waals surface area contributed by atoms with Crippen LogP contribution in [0.4, 0.5) is 13.2 Å². The van der Waals surface area contributed by atoms with Crippen molar-refractivity contribution in [3.05, 3.63) is 63.6 Å². The SMILES string of the molecule is Cc1nn(CCCNC(=O)c2ccn(COc3cccc(C(F)(F)F)c3)n2)c(C)c1Br. The summed E-state index contributed by atoms with van der Waals surface area (Å²) >= 11 is 3.48. The van der Waals surface area contributed by atoms with Crippen LogP contribution in [-0.4, -0.2) is 32.0 Å². The fraction of sp³-hybridized carbons (Fsp3) is 0.350. The highest BCUT2D eigenvalue weighted by molar-refractivity contribution is 9.10. The Hall–Kier alpha value is -2.82. The van der Waals surface area contributed by atoms with E-state index in [1.165, 1.54) is 29.1 Å². The zero-order valence-electron chi connectivity index (χ0n) is 16.9. The van der Waals surface area contributed by atoms with E-state index in [1.807, 2.05) is 18.5 Å². The summed E-state index contributed by atoms with van der Waals surface area (Å²) < 4.78 is 47.8. The molecule has 0 bridgehead atoms. The number of nitrogens with zero attached hydrogens (tertiary/aromatic N) is 4. The quantitative estimate of drug-likeness (QED) is 0.468. The summed E-state index contributed by atoms with van der Waals surface area (Å²) in [6, 6.07) is 6.09. The number of nitrogens with one attached hydrogen (secondary N) is 1. The predicted molar refractivity (Wildman–Crippen MR) is 111 cm³/mol. The minimum atomic E-state index is -4.44. The maximum atomic E-state index is 12.8. The summed E-state index contributed by atoms with van der Waals surface area (Å²) in [4.78, 5) is 12.2. The van der Waals surface area contributed by atoms with Crippen molar-refractivity contribution >= 4 is 21.8 Å². The van der Waals surface area contributed by atoms with Crippen LogP contribution >= 0.6 is 15.9 Å². The summed E-state index contributed by atoms with van der Waals surface area (Å²) in [6.45, 7) is 4.88. The maximum Gasteiger partial charge on any atom is 0.416 e. The molecule has 0 saturated heterocycles. The highest BCUT2D eigenvalue weighted by atomic mass is 79.9. The van der Waals surface area contributed by atoms with Crippen molar-refractivity contribution in [2.75, 3.05) is 6.54 Å². The molecule has 2 aromatic heterocycles.